The zero-order chi connectivity index (χ0) is 14.0. The second-order valence-corrected chi connectivity index (χ2v) is 4.77. The molecule has 100 valence electrons. The normalized spacial score (nSPS) is 10.7. The quantitative estimate of drug-likeness (QED) is 0.810. The Bertz CT molecular complexity index is 646. The average Bonchev–Trinajstić information content (AvgIpc) is 2.36. The third-order valence-electron chi connectivity index (χ3n) is 2.56. The molecule has 2 rings (SSSR count). The summed E-state index contributed by atoms with van der Waals surface area (Å²) in [6.07, 6.45) is 1.01. The molecule has 1 aromatic heterocycles. The molecular weight excluding hydrogens is 320 g/mol. The van der Waals surface area contributed by atoms with E-state index in [0.29, 0.717) is 4.47 Å². The summed E-state index contributed by atoms with van der Waals surface area (Å²) in [5.41, 5.74) is -0.100. The molecule has 0 saturated carbocycles. The van der Waals surface area contributed by atoms with Crippen LogP contribution in [0, 0.1) is 11.6 Å². The first-order chi connectivity index (χ1) is 9.02. The summed E-state index contributed by atoms with van der Waals surface area (Å²) in [5.74, 6) is -2.24. The van der Waals surface area contributed by atoms with Crippen LogP contribution in [0.4, 0.5) is 8.78 Å². The smallest absolute Gasteiger partial charge is 0.310 e. The minimum Gasteiger partial charge on any atom is -0.466 e. The molecule has 0 aliphatic heterocycles. The summed E-state index contributed by atoms with van der Waals surface area (Å²) in [7, 11) is 0. The Morgan fingerprint density at radius 3 is 2.84 bits per heavy atom. The Balaban J connectivity index is 2.52. The molecule has 6 heteroatoms. The van der Waals surface area contributed by atoms with Gasteiger partial charge in [-0.05, 0) is 28.9 Å². The van der Waals surface area contributed by atoms with Crippen LogP contribution in [-0.4, -0.2) is 17.6 Å². The third-order valence-corrected chi connectivity index (χ3v) is 3.00. The maximum atomic E-state index is 14.2. The third kappa shape index (κ3) is 2.89. The molecule has 0 radical (unpaired) electrons. The van der Waals surface area contributed by atoms with Crippen LogP contribution in [0.5, 0.6) is 0 Å². The van der Waals surface area contributed by atoms with Gasteiger partial charge in [0.1, 0.15) is 11.6 Å². The minimum atomic E-state index is -0.798. The highest BCUT2D eigenvalue weighted by Gasteiger charge is 2.18. The van der Waals surface area contributed by atoms with Crippen molar-refractivity contribution in [3.8, 4) is 0 Å². The van der Waals surface area contributed by atoms with E-state index in [0.717, 1.165) is 6.07 Å². The first kappa shape index (κ1) is 13.9. The van der Waals surface area contributed by atoms with Crippen LogP contribution in [0.1, 0.15) is 12.5 Å². The number of hydrogen-bond acceptors (Lipinski definition) is 3. The maximum Gasteiger partial charge on any atom is 0.310 e. The highest BCUT2D eigenvalue weighted by molar-refractivity contribution is 9.10. The Hall–Kier alpha value is -1.56. The number of carbonyl (C=O) groups excluding carboxylic acids is 1. The van der Waals surface area contributed by atoms with Crippen molar-refractivity contribution >= 4 is 32.8 Å². The van der Waals surface area contributed by atoms with E-state index < -0.39 is 24.0 Å². The number of carbonyl (C=O) groups is 1. The van der Waals surface area contributed by atoms with E-state index >= 15 is 0 Å². The van der Waals surface area contributed by atoms with E-state index in [4.69, 9.17) is 4.74 Å². The number of rotatable bonds is 3. The predicted molar refractivity (Wildman–Crippen MR) is 69.7 cm³/mol. The van der Waals surface area contributed by atoms with Gasteiger partial charge >= 0.3 is 5.97 Å². The van der Waals surface area contributed by atoms with E-state index in [1.54, 1.807) is 6.92 Å². The number of ether oxygens (including phenoxy) is 1. The van der Waals surface area contributed by atoms with Crippen LogP contribution in [0.3, 0.4) is 0 Å². The van der Waals surface area contributed by atoms with Crippen LogP contribution in [0.25, 0.3) is 10.9 Å². The van der Waals surface area contributed by atoms with Crippen molar-refractivity contribution in [3.63, 3.8) is 0 Å². The molecule has 0 unspecified atom stereocenters. The molecule has 2 aromatic rings. The van der Waals surface area contributed by atoms with Crippen molar-refractivity contribution in [3.05, 3.63) is 40.0 Å². The average molecular weight is 330 g/mol. The Morgan fingerprint density at radius 1 is 1.42 bits per heavy atom. The summed E-state index contributed by atoms with van der Waals surface area (Å²) < 4.78 is 33.3. The molecule has 0 amide bonds. The van der Waals surface area contributed by atoms with Crippen LogP contribution < -0.4 is 0 Å². The number of pyridine rings is 1. The van der Waals surface area contributed by atoms with Gasteiger partial charge in [0.2, 0.25) is 0 Å². The van der Waals surface area contributed by atoms with Gasteiger partial charge in [-0.1, -0.05) is 0 Å². The van der Waals surface area contributed by atoms with Gasteiger partial charge in [0, 0.05) is 27.7 Å². The summed E-state index contributed by atoms with van der Waals surface area (Å²) >= 11 is 3.17. The van der Waals surface area contributed by atoms with Crippen molar-refractivity contribution in [2.75, 3.05) is 6.61 Å². The molecule has 0 atom stereocenters. The highest BCUT2D eigenvalue weighted by atomic mass is 79.9. The molecule has 0 N–H and O–H groups in total. The summed E-state index contributed by atoms with van der Waals surface area (Å²) in [6, 6.07) is 2.60. The van der Waals surface area contributed by atoms with Crippen LogP contribution in [0.2, 0.25) is 0 Å². The molecule has 3 nitrogen and oxygen atoms in total. The highest BCUT2D eigenvalue weighted by Crippen LogP contribution is 2.25. The van der Waals surface area contributed by atoms with Gasteiger partial charge in [-0.25, -0.2) is 8.78 Å². The fraction of sp³-hybridized carbons (Fsp3) is 0.231. The first-order valence-corrected chi connectivity index (χ1v) is 6.40. The van der Waals surface area contributed by atoms with Crippen molar-refractivity contribution < 1.29 is 18.3 Å². The summed E-state index contributed by atoms with van der Waals surface area (Å²) in [6.45, 7) is 1.80. The van der Waals surface area contributed by atoms with E-state index in [-0.39, 0.29) is 23.1 Å². The zero-order valence-electron chi connectivity index (χ0n) is 10.0. The Morgan fingerprint density at radius 2 is 2.16 bits per heavy atom. The fourth-order valence-corrected chi connectivity index (χ4v) is 2.06. The van der Waals surface area contributed by atoms with Gasteiger partial charge in [0.25, 0.3) is 0 Å². The van der Waals surface area contributed by atoms with Gasteiger partial charge in [0.05, 0.1) is 18.5 Å². The molecular formula is C13H10BrF2NO2. The molecule has 0 bridgehead atoms. The van der Waals surface area contributed by atoms with Crippen molar-refractivity contribution in [1.82, 2.24) is 4.98 Å². The number of halogens is 3. The topological polar surface area (TPSA) is 39.2 Å². The second kappa shape index (κ2) is 5.61. The SMILES string of the molecule is CCOC(=O)Cc1c(F)cc2ncc(Br)cc2c1F. The lowest BCUT2D eigenvalue weighted by Crippen LogP contribution is -2.11. The van der Waals surface area contributed by atoms with E-state index in [9.17, 15) is 13.6 Å². The molecule has 0 spiro atoms. The standard InChI is InChI=1S/C13H10BrF2NO2/c1-2-19-12(18)4-8-10(15)5-11-9(13(8)16)3-7(14)6-17-11/h3,5-6H,2,4H2,1H3. The summed E-state index contributed by atoms with van der Waals surface area (Å²) in [5, 5.41) is 0.162. The molecule has 19 heavy (non-hydrogen) atoms. The molecule has 0 aliphatic rings. The number of esters is 1. The van der Waals surface area contributed by atoms with Gasteiger partial charge in [-0.3, -0.25) is 9.78 Å². The lowest BCUT2D eigenvalue weighted by atomic mass is 10.1. The molecule has 1 aromatic carbocycles. The molecule has 1 heterocycles. The van der Waals surface area contributed by atoms with Crippen LogP contribution in [0.15, 0.2) is 22.8 Å². The first-order valence-electron chi connectivity index (χ1n) is 5.60. The number of nitrogens with zero attached hydrogens (tertiary/aromatic N) is 1. The van der Waals surface area contributed by atoms with Crippen molar-refractivity contribution in [1.29, 1.82) is 0 Å². The van der Waals surface area contributed by atoms with Crippen LogP contribution >= 0.6 is 15.9 Å². The van der Waals surface area contributed by atoms with E-state index in [2.05, 4.69) is 20.9 Å². The predicted octanol–water partition coefficient (Wildman–Crippen LogP) is 3.38. The molecule has 0 saturated heterocycles. The minimum absolute atomic E-state index is 0.162. The molecule has 0 aliphatic carbocycles. The van der Waals surface area contributed by atoms with Gasteiger partial charge in [-0.15, -0.1) is 0 Å². The van der Waals surface area contributed by atoms with Crippen molar-refractivity contribution in [2.24, 2.45) is 0 Å². The monoisotopic (exact) mass is 329 g/mol. The number of aromatic nitrogens is 1. The van der Waals surface area contributed by atoms with E-state index in [1.807, 2.05) is 0 Å². The lowest BCUT2D eigenvalue weighted by molar-refractivity contribution is -0.142. The van der Waals surface area contributed by atoms with Gasteiger partial charge in [0.15, 0.2) is 0 Å². The Kier molecular flexibility index (Phi) is 4.09. The number of fused-ring (bicyclic) bond motifs is 1. The van der Waals surface area contributed by atoms with Crippen LogP contribution in [-0.2, 0) is 16.0 Å². The maximum absolute atomic E-state index is 14.2. The largest absolute Gasteiger partial charge is 0.466 e. The second-order valence-electron chi connectivity index (χ2n) is 3.85. The molecule has 0 fully saturated rings. The fourth-order valence-electron chi connectivity index (χ4n) is 1.73. The van der Waals surface area contributed by atoms with E-state index in [1.165, 1.54) is 12.3 Å². The lowest BCUT2D eigenvalue weighted by Gasteiger charge is -2.08. The Labute approximate surface area is 116 Å². The summed E-state index contributed by atoms with van der Waals surface area (Å²) in [4.78, 5) is 15.3. The van der Waals surface area contributed by atoms with Crippen molar-refractivity contribution in [2.45, 2.75) is 13.3 Å². The zero-order valence-corrected chi connectivity index (χ0v) is 11.6. The van der Waals surface area contributed by atoms with Gasteiger partial charge < -0.3 is 4.74 Å². The van der Waals surface area contributed by atoms with Gasteiger partial charge in [-0.2, -0.15) is 0 Å². The number of benzene rings is 1. The number of hydrogen-bond donors (Lipinski definition) is 0.